The average Bonchev–Trinajstić information content (AvgIpc) is 3.54. The predicted octanol–water partition coefficient (Wildman–Crippen LogP) is -4.09. The van der Waals surface area contributed by atoms with Crippen molar-refractivity contribution in [2.75, 3.05) is 51.7 Å². The van der Waals surface area contributed by atoms with Gasteiger partial charge in [0.1, 0.15) is 47.0 Å². The molecule has 5 heterocycles. The van der Waals surface area contributed by atoms with Crippen molar-refractivity contribution in [3.05, 3.63) is 35.9 Å². The zero-order chi connectivity index (χ0) is 62.1. The molecule has 0 radical (unpaired) electrons. The number of aliphatic hydroxyl groups is 3. The van der Waals surface area contributed by atoms with Crippen LogP contribution >= 0.6 is 0 Å². The Kier molecular flexibility index (Phi) is 24.5. The van der Waals surface area contributed by atoms with Gasteiger partial charge in [-0.15, -0.1) is 0 Å². The topological polar surface area (TPSA) is 436 Å². The third-order valence-corrected chi connectivity index (χ3v) is 16.8. The lowest BCUT2D eigenvalue weighted by Gasteiger charge is -2.32. The molecule has 0 aliphatic carbocycles. The molecule has 1 fully saturated rings. The summed E-state index contributed by atoms with van der Waals surface area (Å²) in [6.45, 7) is 2.74. The molecule has 85 heavy (non-hydrogen) atoms. The standard InChI is InChI=1S/C55H78N12O17S/c1-4-29(2)47-52(80)59-24-43(73)60-38-28-85(83)54-34(33-14-13-32(21-35(33)63-54)84-19-11-6-5-9-17-57-42(72)12-8-7-10-18-66-45(75)15-16-46(66)76)22-36(49(77)58-25-44(74)64-47)61-53(81)48(30(3)40(70)27-68)65-51(79)39-20-31(69)26-67(39)55(82)37(23-41(56)71)62-50(38)78/h13-16,21,29-31,36-40,47-48,63,68-70H,4-12,17-20,22-28H2,1-3H3,(H2,56,71)(H,57,72)(H,58,77)(H,59,80)(H,60,73)(H,61,81)(H,62,78)(H,64,74)(H,65,79). The fourth-order valence-corrected chi connectivity index (χ4v) is 11.6. The van der Waals surface area contributed by atoms with Crippen molar-refractivity contribution in [2.24, 2.45) is 17.6 Å². The van der Waals surface area contributed by atoms with Crippen LogP contribution in [-0.4, -0.2) is 205 Å². The first-order valence-corrected chi connectivity index (χ1v) is 29.9. The Labute approximate surface area is 492 Å². The molecule has 4 aliphatic rings. The quantitative estimate of drug-likeness (QED) is 0.0418. The highest BCUT2D eigenvalue weighted by Crippen LogP contribution is 2.31. The Balaban J connectivity index is 1.30. The molecule has 14 N–H and O–H groups in total. The maximum Gasteiger partial charge on any atom is 0.253 e. The monoisotopic (exact) mass is 1210 g/mol. The van der Waals surface area contributed by atoms with E-state index in [-0.39, 0.29) is 40.4 Å². The number of hydrogen-bond donors (Lipinski definition) is 13. The van der Waals surface area contributed by atoms with Crippen LogP contribution in [0.5, 0.6) is 5.75 Å². The molecule has 1 aromatic heterocycles. The number of rotatable bonds is 21. The Morgan fingerprint density at radius 3 is 2.18 bits per heavy atom. The third-order valence-electron chi connectivity index (χ3n) is 15.4. The van der Waals surface area contributed by atoms with Gasteiger partial charge in [-0.3, -0.25) is 66.6 Å². The van der Waals surface area contributed by atoms with Crippen LogP contribution in [0.4, 0.5) is 0 Å². The SMILES string of the molecule is CCC(C)C1NC(=O)CNC(=O)C2Cc3c([nH]c4cc(OCCCCCCNC(=O)CCCCCN5C(=O)C=CC5=O)ccc34)S(=O)CC(NC(=O)CNC1=O)C(=O)NC(CC(N)=O)C(=O)N1CC(O)CC1C(=O)NC(C(C)C(O)CO)C(=O)N2. The molecule has 466 valence electrons. The first-order chi connectivity index (χ1) is 40.5. The molecule has 1 aromatic carbocycles. The number of nitrogens with one attached hydrogen (secondary N) is 9. The molecule has 0 spiro atoms. The molecule has 29 nitrogen and oxygen atoms in total. The fraction of sp³-hybridized carbons (Fsp3) is 0.600. The first-order valence-electron chi connectivity index (χ1n) is 28.6. The fourth-order valence-electron chi connectivity index (χ4n) is 10.3. The molecule has 11 unspecified atom stereocenters. The zero-order valence-corrected chi connectivity index (χ0v) is 48.6. The van der Waals surface area contributed by atoms with Gasteiger partial charge in [-0.1, -0.05) is 46.5 Å². The number of hydrogen-bond acceptors (Lipinski definition) is 17. The normalized spacial score (nSPS) is 25.1. The maximum atomic E-state index is 15.0. The van der Waals surface area contributed by atoms with E-state index in [1.165, 1.54) is 24.0 Å². The Morgan fingerprint density at radius 1 is 0.800 bits per heavy atom. The van der Waals surface area contributed by atoms with Gasteiger partial charge in [0.2, 0.25) is 59.1 Å². The second-order valence-corrected chi connectivity index (χ2v) is 23.1. The summed E-state index contributed by atoms with van der Waals surface area (Å²) in [6.07, 6.45) is 3.00. The number of ether oxygens (including phenoxy) is 1. The molecule has 0 saturated carbocycles. The molecule has 30 heteroatoms. The highest BCUT2D eigenvalue weighted by atomic mass is 32.2. The van der Waals surface area contributed by atoms with Crippen molar-refractivity contribution >= 4 is 92.6 Å². The van der Waals surface area contributed by atoms with Crippen LogP contribution in [-0.2, 0) is 74.8 Å². The van der Waals surface area contributed by atoms with Gasteiger partial charge in [0.25, 0.3) is 11.8 Å². The Morgan fingerprint density at radius 2 is 1.48 bits per heavy atom. The van der Waals surface area contributed by atoms with Crippen molar-refractivity contribution in [3.8, 4) is 5.75 Å². The minimum Gasteiger partial charge on any atom is -0.494 e. The number of primary amides is 1. The summed E-state index contributed by atoms with van der Waals surface area (Å²) in [5.74, 6) is -12.3. The summed E-state index contributed by atoms with van der Waals surface area (Å²) >= 11 is 0. The number of nitrogens with zero attached hydrogens (tertiary/aromatic N) is 2. The lowest BCUT2D eigenvalue weighted by atomic mass is 9.93. The molecule has 11 atom stereocenters. The van der Waals surface area contributed by atoms with E-state index in [9.17, 15) is 72.9 Å². The van der Waals surface area contributed by atoms with Crippen molar-refractivity contribution in [3.63, 3.8) is 0 Å². The van der Waals surface area contributed by atoms with Crippen LogP contribution in [0.2, 0.25) is 0 Å². The smallest absolute Gasteiger partial charge is 0.253 e. The van der Waals surface area contributed by atoms with E-state index in [0.29, 0.717) is 69.2 Å². The molecule has 4 aliphatic heterocycles. The van der Waals surface area contributed by atoms with Gasteiger partial charge < -0.3 is 78.2 Å². The summed E-state index contributed by atoms with van der Waals surface area (Å²) in [5, 5.41) is 52.2. The number of benzene rings is 1. The van der Waals surface area contributed by atoms with Gasteiger partial charge in [-0.05, 0) is 49.3 Å². The summed E-state index contributed by atoms with van der Waals surface area (Å²) in [5.41, 5.74) is 5.96. The van der Waals surface area contributed by atoms with Gasteiger partial charge in [0.15, 0.2) is 0 Å². The van der Waals surface area contributed by atoms with Crippen molar-refractivity contribution in [1.29, 1.82) is 0 Å². The first kappa shape index (κ1) is 66.3. The number of amides is 12. The van der Waals surface area contributed by atoms with Crippen LogP contribution < -0.4 is 53.0 Å². The largest absolute Gasteiger partial charge is 0.494 e. The van der Waals surface area contributed by atoms with Crippen molar-refractivity contribution in [1.82, 2.24) is 57.3 Å². The second kappa shape index (κ2) is 31.4. The minimum atomic E-state index is -2.41. The Hall–Kier alpha value is -7.83. The van der Waals surface area contributed by atoms with Gasteiger partial charge in [-0.2, -0.15) is 0 Å². The molecule has 6 rings (SSSR count). The number of H-pyrrole nitrogens is 1. The number of carbonyl (C=O) groups excluding carboxylic acids is 12. The number of aromatic nitrogens is 1. The number of imide groups is 1. The van der Waals surface area contributed by atoms with E-state index in [4.69, 9.17) is 10.5 Å². The van der Waals surface area contributed by atoms with E-state index in [1.807, 2.05) is 0 Å². The zero-order valence-electron chi connectivity index (χ0n) is 47.7. The summed E-state index contributed by atoms with van der Waals surface area (Å²) in [7, 11) is -2.41. The highest BCUT2D eigenvalue weighted by molar-refractivity contribution is 7.85. The number of aromatic amines is 1. The molecule has 2 aromatic rings. The number of aliphatic hydroxyl groups excluding tert-OH is 3. The van der Waals surface area contributed by atoms with E-state index < -0.39 is 176 Å². The Bertz CT molecular complexity index is 2880. The van der Waals surface area contributed by atoms with Crippen LogP contribution in [0, 0.1) is 11.8 Å². The van der Waals surface area contributed by atoms with Crippen molar-refractivity contribution in [2.45, 2.75) is 151 Å². The average molecular weight is 1210 g/mol. The van der Waals surface area contributed by atoms with Crippen molar-refractivity contribution < 1.29 is 81.8 Å². The van der Waals surface area contributed by atoms with Crippen LogP contribution in [0.25, 0.3) is 10.9 Å². The van der Waals surface area contributed by atoms with E-state index >= 15 is 4.21 Å². The van der Waals surface area contributed by atoms with Crippen LogP contribution in [0.1, 0.15) is 97.0 Å². The second-order valence-electron chi connectivity index (χ2n) is 21.7. The van der Waals surface area contributed by atoms with Gasteiger partial charge in [0.05, 0.1) is 67.0 Å². The van der Waals surface area contributed by atoms with Gasteiger partial charge >= 0.3 is 0 Å². The minimum absolute atomic E-state index is 0.0964. The van der Waals surface area contributed by atoms with E-state index in [0.717, 1.165) is 17.7 Å². The highest BCUT2D eigenvalue weighted by Gasteiger charge is 2.45. The number of nitrogens with two attached hydrogens (primary N) is 1. The van der Waals surface area contributed by atoms with Gasteiger partial charge in [0, 0.05) is 68.4 Å². The van der Waals surface area contributed by atoms with Crippen LogP contribution in [0.3, 0.4) is 0 Å². The summed E-state index contributed by atoms with van der Waals surface area (Å²) in [6, 6.07) is -5.32. The summed E-state index contributed by atoms with van der Waals surface area (Å²) < 4.78 is 21.1. The lowest BCUT2D eigenvalue weighted by molar-refractivity contribution is -0.144. The maximum absolute atomic E-state index is 15.0. The van der Waals surface area contributed by atoms with E-state index in [2.05, 4.69) is 47.5 Å². The number of carbonyl (C=O) groups is 12. The molecular weight excluding hydrogens is 1130 g/mol. The van der Waals surface area contributed by atoms with Gasteiger partial charge in [-0.25, -0.2) is 0 Å². The molecule has 2 bridgehead atoms. The summed E-state index contributed by atoms with van der Waals surface area (Å²) in [4.78, 5) is 167. The number of fused-ring (bicyclic) bond motifs is 5. The molecule has 1 saturated heterocycles. The third kappa shape index (κ3) is 18.3. The molecule has 12 amide bonds. The van der Waals surface area contributed by atoms with Crippen LogP contribution in [0.15, 0.2) is 35.4 Å². The predicted molar refractivity (Wildman–Crippen MR) is 302 cm³/mol. The lowest BCUT2D eigenvalue weighted by Crippen LogP contribution is -2.62. The number of unbranched alkanes of at least 4 members (excludes halogenated alkanes) is 5. The van der Waals surface area contributed by atoms with E-state index in [1.54, 1.807) is 32.0 Å². The molecular formula is C55H78N12O17S.